The summed E-state index contributed by atoms with van der Waals surface area (Å²) in [5, 5.41) is 3.84. The van der Waals surface area contributed by atoms with Crippen molar-refractivity contribution in [3.63, 3.8) is 0 Å². The minimum absolute atomic E-state index is 0.0405. The molecule has 0 saturated carbocycles. The highest BCUT2D eigenvalue weighted by atomic mass is 16.5. The van der Waals surface area contributed by atoms with Gasteiger partial charge in [-0.2, -0.15) is 4.98 Å². The fourth-order valence-corrected chi connectivity index (χ4v) is 2.07. The van der Waals surface area contributed by atoms with Crippen molar-refractivity contribution in [2.75, 3.05) is 13.6 Å². The summed E-state index contributed by atoms with van der Waals surface area (Å²) in [4.78, 5) is 18.0. The van der Waals surface area contributed by atoms with Gasteiger partial charge in [-0.05, 0) is 24.5 Å². The van der Waals surface area contributed by atoms with Crippen LogP contribution in [0.2, 0.25) is 0 Å². The van der Waals surface area contributed by atoms with E-state index < -0.39 is 0 Å². The predicted octanol–water partition coefficient (Wildman–Crippen LogP) is 2.09. The molecule has 2 heterocycles. The Bertz CT molecular complexity index is 607. The van der Waals surface area contributed by atoms with E-state index in [1.807, 2.05) is 0 Å². The zero-order chi connectivity index (χ0) is 16.8. The van der Waals surface area contributed by atoms with E-state index in [4.69, 9.17) is 14.7 Å². The van der Waals surface area contributed by atoms with Crippen LogP contribution in [0.4, 0.5) is 0 Å². The standard InChI is InChI=1S/C16H24N4O3/c1-11(2)12(17)8-9-20(3)15(21)7-6-14-18-16(19-23-14)13-5-4-10-22-13/h4-5,10-12H,6-9,17H2,1-3H3. The van der Waals surface area contributed by atoms with Crippen LogP contribution in [0.15, 0.2) is 27.3 Å². The van der Waals surface area contributed by atoms with Crippen molar-refractivity contribution < 1.29 is 13.7 Å². The van der Waals surface area contributed by atoms with Gasteiger partial charge >= 0.3 is 0 Å². The molecule has 0 spiro atoms. The third kappa shape index (κ3) is 4.92. The summed E-state index contributed by atoms with van der Waals surface area (Å²) < 4.78 is 10.3. The lowest BCUT2D eigenvalue weighted by molar-refractivity contribution is -0.130. The molecule has 1 amide bonds. The quantitative estimate of drug-likeness (QED) is 0.799. The van der Waals surface area contributed by atoms with Crippen LogP contribution in [0.5, 0.6) is 0 Å². The number of hydrogen-bond donors (Lipinski definition) is 1. The van der Waals surface area contributed by atoms with E-state index in [0.29, 0.717) is 42.8 Å². The summed E-state index contributed by atoms with van der Waals surface area (Å²) in [6.07, 6.45) is 3.08. The van der Waals surface area contributed by atoms with Crippen molar-refractivity contribution in [3.8, 4) is 11.6 Å². The number of aromatic nitrogens is 2. The number of furan rings is 1. The molecule has 0 aromatic carbocycles. The Morgan fingerprint density at radius 3 is 2.87 bits per heavy atom. The van der Waals surface area contributed by atoms with E-state index in [2.05, 4.69) is 24.0 Å². The van der Waals surface area contributed by atoms with Crippen LogP contribution in [0.1, 0.15) is 32.6 Å². The maximum absolute atomic E-state index is 12.1. The van der Waals surface area contributed by atoms with Crippen LogP contribution in [0.3, 0.4) is 0 Å². The summed E-state index contributed by atoms with van der Waals surface area (Å²) in [5.74, 6) is 1.83. The summed E-state index contributed by atoms with van der Waals surface area (Å²) in [6.45, 7) is 4.82. The largest absolute Gasteiger partial charge is 0.461 e. The van der Waals surface area contributed by atoms with Crippen LogP contribution in [-0.4, -0.2) is 40.6 Å². The molecule has 2 aromatic heterocycles. The van der Waals surface area contributed by atoms with Crippen molar-refractivity contribution >= 4 is 5.91 Å². The lowest BCUT2D eigenvalue weighted by Crippen LogP contribution is -2.34. The number of amides is 1. The molecule has 1 atom stereocenters. The first-order valence-electron chi connectivity index (χ1n) is 7.83. The molecule has 7 nitrogen and oxygen atoms in total. The molecule has 0 aliphatic carbocycles. The maximum atomic E-state index is 12.1. The minimum Gasteiger partial charge on any atom is -0.461 e. The van der Waals surface area contributed by atoms with E-state index in [-0.39, 0.29) is 11.9 Å². The monoisotopic (exact) mass is 320 g/mol. The Balaban J connectivity index is 1.78. The molecule has 0 fully saturated rings. The molecule has 2 aromatic rings. The van der Waals surface area contributed by atoms with Gasteiger partial charge in [0.15, 0.2) is 5.76 Å². The Labute approximate surface area is 135 Å². The Kier molecular flexibility index (Phi) is 5.92. The van der Waals surface area contributed by atoms with E-state index in [1.165, 1.54) is 0 Å². The van der Waals surface area contributed by atoms with Crippen LogP contribution in [-0.2, 0) is 11.2 Å². The molecule has 2 rings (SSSR count). The van der Waals surface area contributed by atoms with Gasteiger partial charge in [0.25, 0.3) is 0 Å². The lowest BCUT2D eigenvalue weighted by atomic mass is 10.0. The van der Waals surface area contributed by atoms with Gasteiger partial charge < -0.3 is 19.6 Å². The van der Waals surface area contributed by atoms with Crippen LogP contribution >= 0.6 is 0 Å². The van der Waals surface area contributed by atoms with Crippen LogP contribution in [0, 0.1) is 5.92 Å². The summed E-state index contributed by atoms with van der Waals surface area (Å²) in [6, 6.07) is 3.62. The van der Waals surface area contributed by atoms with Crippen molar-refractivity contribution in [1.29, 1.82) is 0 Å². The molecular weight excluding hydrogens is 296 g/mol. The van der Waals surface area contributed by atoms with Gasteiger partial charge in [-0.25, -0.2) is 0 Å². The summed E-state index contributed by atoms with van der Waals surface area (Å²) in [7, 11) is 1.79. The molecular formula is C16H24N4O3. The second kappa shape index (κ2) is 7.92. The molecule has 7 heteroatoms. The molecule has 126 valence electrons. The number of aryl methyl sites for hydroxylation is 1. The third-order valence-electron chi connectivity index (χ3n) is 3.84. The number of rotatable bonds is 8. The Morgan fingerprint density at radius 1 is 1.43 bits per heavy atom. The third-order valence-corrected chi connectivity index (χ3v) is 3.84. The molecule has 0 aliphatic heterocycles. The second-order valence-electron chi connectivity index (χ2n) is 6.00. The smallest absolute Gasteiger partial charge is 0.238 e. The average Bonchev–Trinajstić information content (AvgIpc) is 3.20. The van der Waals surface area contributed by atoms with Gasteiger partial charge in [-0.1, -0.05) is 19.0 Å². The zero-order valence-corrected chi connectivity index (χ0v) is 13.9. The van der Waals surface area contributed by atoms with Crippen LogP contribution < -0.4 is 5.73 Å². The molecule has 0 aliphatic rings. The van der Waals surface area contributed by atoms with Gasteiger partial charge in [0.1, 0.15) is 0 Å². The topological polar surface area (TPSA) is 98.4 Å². The Hall–Kier alpha value is -2.15. The first-order valence-corrected chi connectivity index (χ1v) is 7.83. The maximum Gasteiger partial charge on any atom is 0.238 e. The predicted molar refractivity (Wildman–Crippen MR) is 85.4 cm³/mol. The number of carbonyl (C=O) groups is 1. The summed E-state index contributed by atoms with van der Waals surface area (Å²) in [5.41, 5.74) is 6.00. The molecule has 0 saturated heterocycles. The number of hydrogen-bond acceptors (Lipinski definition) is 6. The highest BCUT2D eigenvalue weighted by molar-refractivity contribution is 5.76. The highest BCUT2D eigenvalue weighted by Crippen LogP contribution is 2.16. The van der Waals surface area contributed by atoms with Crippen molar-refractivity contribution in [2.24, 2.45) is 11.7 Å². The van der Waals surface area contributed by atoms with Gasteiger partial charge in [0.05, 0.1) is 6.26 Å². The molecule has 2 N–H and O–H groups in total. The first-order chi connectivity index (χ1) is 11.0. The SMILES string of the molecule is CC(C)C(N)CCN(C)C(=O)CCc1nc(-c2ccco2)no1. The normalized spacial score (nSPS) is 12.6. The molecule has 0 radical (unpaired) electrons. The van der Waals surface area contributed by atoms with Gasteiger partial charge in [-0.15, -0.1) is 0 Å². The molecule has 1 unspecified atom stereocenters. The average molecular weight is 320 g/mol. The van der Waals surface area contributed by atoms with Crippen molar-refractivity contribution in [1.82, 2.24) is 15.0 Å². The minimum atomic E-state index is 0.0405. The van der Waals surface area contributed by atoms with Crippen LogP contribution in [0.25, 0.3) is 11.6 Å². The molecule has 23 heavy (non-hydrogen) atoms. The van der Waals surface area contributed by atoms with Gasteiger partial charge in [-0.3, -0.25) is 4.79 Å². The fourth-order valence-electron chi connectivity index (χ4n) is 2.07. The Morgan fingerprint density at radius 2 is 2.22 bits per heavy atom. The molecule has 0 bridgehead atoms. The van der Waals surface area contributed by atoms with E-state index >= 15 is 0 Å². The fraction of sp³-hybridized carbons (Fsp3) is 0.562. The zero-order valence-electron chi connectivity index (χ0n) is 13.9. The van der Waals surface area contributed by atoms with Crippen molar-refractivity contribution in [3.05, 3.63) is 24.3 Å². The second-order valence-corrected chi connectivity index (χ2v) is 6.00. The van der Waals surface area contributed by atoms with Gasteiger partial charge in [0.2, 0.25) is 17.6 Å². The van der Waals surface area contributed by atoms with E-state index in [0.717, 1.165) is 6.42 Å². The number of carbonyl (C=O) groups excluding carboxylic acids is 1. The number of nitrogens with zero attached hydrogens (tertiary/aromatic N) is 3. The van der Waals surface area contributed by atoms with E-state index in [9.17, 15) is 4.79 Å². The highest BCUT2D eigenvalue weighted by Gasteiger charge is 2.15. The van der Waals surface area contributed by atoms with E-state index in [1.54, 1.807) is 30.3 Å². The lowest BCUT2D eigenvalue weighted by Gasteiger charge is -2.21. The first kappa shape index (κ1) is 17.2. The van der Waals surface area contributed by atoms with Crippen molar-refractivity contribution in [2.45, 2.75) is 39.2 Å². The summed E-state index contributed by atoms with van der Waals surface area (Å²) >= 11 is 0. The van der Waals surface area contributed by atoms with Gasteiger partial charge in [0, 0.05) is 32.5 Å². The number of nitrogens with two attached hydrogens (primary N) is 1.